The van der Waals surface area contributed by atoms with Gasteiger partial charge in [0.15, 0.2) is 0 Å². The molecule has 4 nitrogen and oxygen atoms in total. The van der Waals surface area contributed by atoms with Gasteiger partial charge in [-0.1, -0.05) is 35.5 Å². The van der Waals surface area contributed by atoms with Crippen molar-refractivity contribution in [1.29, 1.82) is 0 Å². The molecule has 0 radical (unpaired) electrons. The average molecular weight is 387 g/mol. The Kier molecular flexibility index (Phi) is 4.81. The van der Waals surface area contributed by atoms with Crippen molar-refractivity contribution in [3.8, 4) is 11.4 Å². The van der Waals surface area contributed by atoms with E-state index in [-0.39, 0.29) is 12.4 Å². The maximum atomic E-state index is 12.7. The molecule has 10 heteroatoms. The minimum absolute atomic E-state index is 0.209. The Labute approximate surface area is 148 Å². The van der Waals surface area contributed by atoms with Crippen LogP contribution in [-0.4, -0.2) is 10.1 Å². The van der Waals surface area contributed by atoms with Crippen molar-refractivity contribution in [2.45, 2.75) is 18.9 Å². The number of hydrogen-bond donors (Lipinski definition) is 1. The van der Waals surface area contributed by atoms with E-state index in [0.29, 0.717) is 16.8 Å². The fraction of sp³-hybridized carbons (Fsp3) is 0.176. The van der Waals surface area contributed by atoms with Crippen LogP contribution in [0, 0.1) is 0 Å². The van der Waals surface area contributed by atoms with Crippen molar-refractivity contribution < 1.29 is 30.9 Å². The molecule has 2 aromatic carbocycles. The highest BCUT2D eigenvalue weighted by Gasteiger charge is 2.38. The van der Waals surface area contributed by atoms with E-state index in [0.717, 1.165) is 12.1 Å². The summed E-state index contributed by atoms with van der Waals surface area (Å²) in [6.45, 7) is 0.224. The number of nitrogens with zero attached hydrogens (tertiary/aromatic N) is 2. The zero-order valence-electron chi connectivity index (χ0n) is 13.4. The number of aromatic nitrogens is 2. The van der Waals surface area contributed by atoms with E-state index in [9.17, 15) is 26.3 Å². The minimum atomic E-state index is -4.72. The molecule has 142 valence electrons. The molecule has 0 aliphatic rings. The summed E-state index contributed by atoms with van der Waals surface area (Å²) in [7, 11) is 0. The number of alkyl halides is 6. The molecule has 1 heterocycles. The SMILES string of the molecule is FC(F)(F)c1cccc(NCc2ccc(-c3noc(C(F)(F)F)n3)cc2)c1. The van der Waals surface area contributed by atoms with Crippen LogP contribution < -0.4 is 5.32 Å². The lowest BCUT2D eigenvalue weighted by Gasteiger charge is -2.10. The van der Waals surface area contributed by atoms with Gasteiger partial charge < -0.3 is 9.84 Å². The second-order valence-electron chi connectivity index (χ2n) is 5.55. The average Bonchev–Trinajstić information content (AvgIpc) is 3.10. The van der Waals surface area contributed by atoms with Gasteiger partial charge in [-0.15, -0.1) is 0 Å². The third-order valence-electron chi connectivity index (χ3n) is 3.57. The van der Waals surface area contributed by atoms with Crippen molar-refractivity contribution in [1.82, 2.24) is 10.1 Å². The predicted octanol–water partition coefficient (Wildman–Crippen LogP) is 5.39. The van der Waals surface area contributed by atoms with E-state index in [1.54, 1.807) is 12.1 Å². The molecule has 3 aromatic rings. The summed E-state index contributed by atoms with van der Waals surface area (Å²) < 4.78 is 79.7. The Morgan fingerprint density at radius 2 is 1.59 bits per heavy atom. The number of nitrogens with one attached hydrogen (secondary N) is 1. The Hall–Kier alpha value is -3.04. The van der Waals surface area contributed by atoms with Crippen molar-refractivity contribution in [3.63, 3.8) is 0 Å². The van der Waals surface area contributed by atoms with E-state index in [1.807, 2.05) is 0 Å². The van der Waals surface area contributed by atoms with Crippen LogP contribution in [0.15, 0.2) is 53.1 Å². The summed E-state index contributed by atoms with van der Waals surface area (Å²) >= 11 is 0. The second kappa shape index (κ2) is 6.93. The molecule has 0 aliphatic heterocycles. The monoisotopic (exact) mass is 387 g/mol. The van der Waals surface area contributed by atoms with Crippen LogP contribution in [0.3, 0.4) is 0 Å². The van der Waals surface area contributed by atoms with Crippen LogP contribution in [0.4, 0.5) is 32.0 Å². The Balaban J connectivity index is 1.67. The van der Waals surface area contributed by atoms with E-state index in [2.05, 4.69) is 20.0 Å². The Bertz CT molecular complexity index is 915. The molecule has 0 spiro atoms. The first kappa shape index (κ1) is 18.7. The van der Waals surface area contributed by atoms with Crippen LogP contribution >= 0.6 is 0 Å². The fourth-order valence-electron chi connectivity index (χ4n) is 2.24. The van der Waals surface area contributed by atoms with Crippen LogP contribution in [0.2, 0.25) is 0 Å². The van der Waals surface area contributed by atoms with Gasteiger partial charge in [0.1, 0.15) is 0 Å². The maximum absolute atomic E-state index is 12.7. The number of rotatable bonds is 4. The summed E-state index contributed by atoms with van der Waals surface area (Å²) in [6.07, 6.45) is -9.15. The topological polar surface area (TPSA) is 51.0 Å². The zero-order valence-corrected chi connectivity index (χ0v) is 13.4. The number of benzene rings is 2. The molecule has 1 N–H and O–H groups in total. The predicted molar refractivity (Wildman–Crippen MR) is 83.5 cm³/mol. The lowest BCUT2D eigenvalue weighted by molar-refractivity contribution is -0.159. The van der Waals surface area contributed by atoms with Gasteiger partial charge in [-0.2, -0.15) is 31.3 Å². The summed E-state index contributed by atoms with van der Waals surface area (Å²) in [6, 6.07) is 10.9. The van der Waals surface area contributed by atoms with Crippen molar-refractivity contribution in [2.24, 2.45) is 0 Å². The van der Waals surface area contributed by atoms with Crippen LogP contribution in [0.5, 0.6) is 0 Å². The highest BCUT2D eigenvalue weighted by Crippen LogP contribution is 2.31. The third-order valence-corrected chi connectivity index (χ3v) is 3.57. The third kappa shape index (κ3) is 4.57. The lowest BCUT2D eigenvalue weighted by Crippen LogP contribution is -2.06. The zero-order chi connectivity index (χ0) is 19.7. The number of halogens is 6. The first-order valence-corrected chi connectivity index (χ1v) is 7.54. The largest absolute Gasteiger partial charge is 0.471 e. The molecule has 3 rings (SSSR count). The standard InChI is InChI=1S/C17H11F6N3O/c18-16(19,20)12-2-1-3-13(8-12)24-9-10-4-6-11(7-5-10)14-25-15(27-26-14)17(21,22)23/h1-8,24H,9H2. The lowest BCUT2D eigenvalue weighted by atomic mass is 10.1. The highest BCUT2D eigenvalue weighted by molar-refractivity contribution is 5.55. The van der Waals surface area contributed by atoms with E-state index >= 15 is 0 Å². The van der Waals surface area contributed by atoms with Gasteiger partial charge in [0, 0.05) is 17.8 Å². The van der Waals surface area contributed by atoms with Gasteiger partial charge in [0.25, 0.3) is 0 Å². The van der Waals surface area contributed by atoms with Gasteiger partial charge in [-0.05, 0) is 23.8 Å². The summed E-state index contributed by atoms with van der Waals surface area (Å²) in [4.78, 5) is 3.28. The van der Waals surface area contributed by atoms with Crippen molar-refractivity contribution in [3.05, 3.63) is 65.5 Å². The van der Waals surface area contributed by atoms with Gasteiger partial charge in [0.2, 0.25) is 5.82 Å². The normalized spacial score (nSPS) is 12.2. The Morgan fingerprint density at radius 1 is 0.889 bits per heavy atom. The molecular weight excluding hydrogens is 376 g/mol. The number of hydrogen-bond acceptors (Lipinski definition) is 4. The van der Waals surface area contributed by atoms with E-state index < -0.39 is 23.8 Å². The quantitative estimate of drug-likeness (QED) is 0.610. The summed E-state index contributed by atoms with van der Waals surface area (Å²) in [5.41, 5.74) is 0.551. The molecule has 0 atom stereocenters. The Morgan fingerprint density at radius 3 is 2.19 bits per heavy atom. The van der Waals surface area contributed by atoms with E-state index in [1.165, 1.54) is 24.3 Å². The van der Waals surface area contributed by atoms with Crippen molar-refractivity contribution >= 4 is 5.69 Å². The van der Waals surface area contributed by atoms with Gasteiger partial charge in [0.05, 0.1) is 5.56 Å². The molecule has 0 saturated heterocycles. The second-order valence-corrected chi connectivity index (χ2v) is 5.55. The summed E-state index contributed by atoms with van der Waals surface area (Å²) in [5, 5.41) is 6.14. The minimum Gasteiger partial charge on any atom is -0.381 e. The molecule has 0 bridgehead atoms. The molecule has 1 aromatic heterocycles. The first-order chi connectivity index (χ1) is 12.6. The molecule has 0 aliphatic carbocycles. The molecule has 0 unspecified atom stereocenters. The summed E-state index contributed by atoms with van der Waals surface area (Å²) in [5.74, 6) is -1.65. The van der Waals surface area contributed by atoms with Crippen LogP contribution in [-0.2, 0) is 18.9 Å². The first-order valence-electron chi connectivity index (χ1n) is 7.54. The molecule has 0 saturated carbocycles. The molecule has 0 amide bonds. The van der Waals surface area contributed by atoms with Gasteiger partial charge in [-0.25, -0.2) is 0 Å². The molecule has 0 fully saturated rings. The van der Waals surface area contributed by atoms with Gasteiger partial charge >= 0.3 is 18.2 Å². The van der Waals surface area contributed by atoms with E-state index in [4.69, 9.17) is 0 Å². The fourth-order valence-corrected chi connectivity index (χ4v) is 2.24. The smallest absolute Gasteiger partial charge is 0.381 e. The highest BCUT2D eigenvalue weighted by atomic mass is 19.4. The molecule has 27 heavy (non-hydrogen) atoms. The van der Waals surface area contributed by atoms with Crippen molar-refractivity contribution in [2.75, 3.05) is 5.32 Å². The molecular formula is C17H11F6N3O. The number of anilines is 1. The van der Waals surface area contributed by atoms with Crippen LogP contribution in [0.25, 0.3) is 11.4 Å². The maximum Gasteiger partial charge on any atom is 0.471 e. The van der Waals surface area contributed by atoms with Gasteiger partial charge in [-0.3, -0.25) is 0 Å². The van der Waals surface area contributed by atoms with Crippen LogP contribution in [0.1, 0.15) is 17.0 Å².